The third-order valence-corrected chi connectivity index (χ3v) is 1.91. The van der Waals surface area contributed by atoms with Crippen LogP contribution in [0, 0.1) is 0 Å². The van der Waals surface area contributed by atoms with Crippen LogP contribution in [-0.4, -0.2) is 14.9 Å². The Kier molecular flexibility index (Phi) is 1.78. The maximum Gasteiger partial charge on any atom is 0.294 e. The molecule has 0 aliphatic heterocycles. The number of nitrogens with two attached hydrogens (primary N) is 1. The van der Waals surface area contributed by atoms with Gasteiger partial charge in [-0.15, -0.1) is 0 Å². The van der Waals surface area contributed by atoms with Crippen LogP contribution >= 0.6 is 0 Å². The van der Waals surface area contributed by atoms with Crippen molar-refractivity contribution in [2.24, 2.45) is 0 Å². The van der Waals surface area contributed by atoms with Crippen LogP contribution in [0.1, 0.15) is 0 Å². The molecule has 0 aliphatic rings. The van der Waals surface area contributed by atoms with Gasteiger partial charge in [-0.25, -0.2) is 4.68 Å². The Balaban J connectivity index is 2.55. The predicted molar refractivity (Wildman–Crippen MR) is 52.5 cm³/mol. The summed E-state index contributed by atoms with van der Waals surface area (Å²) in [6, 6.07) is 6.23. The zero-order valence-corrected chi connectivity index (χ0v) is 7.27. The zero-order valence-electron chi connectivity index (χ0n) is 7.27. The zero-order chi connectivity index (χ0) is 10.1. The molecule has 0 aliphatic carbocycles. The lowest BCUT2D eigenvalue weighted by Gasteiger charge is -2.00. The van der Waals surface area contributed by atoms with E-state index < -0.39 is 0 Å². The van der Waals surface area contributed by atoms with E-state index in [0.29, 0.717) is 5.69 Å². The number of aromatic amines is 1. The Morgan fingerprint density at radius 3 is 2.43 bits per heavy atom. The summed E-state index contributed by atoms with van der Waals surface area (Å²) in [4.78, 5) is 11.4. The van der Waals surface area contributed by atoms with Gasteiger partial charge in [0, 0.05) is 6.20 Å². The molecule has 14 heavy (non-hydrogen) atoms. The molecule has 1 aromatic carbocycles. The standard InChI is InChI=1S/C9H9N3O2/c10-8-5-11-12(9(8)14)6-1-3-7(13)4-2-6/h1-5,11,13H,10H2. The summed E-state index contributed by atoms with van der Waals surface area (Å²) >= 11 is 0. The van der Waals surface area contributed by atoms with Crippen LogP contribution in [0.2, 0.25) is 0 Å². The highest BCUT2D eigenvalue weighted by Crippen LogP contribution is 2.11. The summed E-state index contributed by atoms with van der Waals surface area (Å²) in [5.74, 6) is 0.154. The van der Waals surface area contributed by atoms with Crippen molar-refractivity contribution in [3.63, 3.8) is 0 Å². The molecule has 0 fully saturated rings. The topological polar surface area (TPSA) is 84.0 Å². The summed E-state index contributed by atoms with van der Waals surface area (Å²) in [7, 11) is 0. The van der Waals surface area contributed by atoms with Crippen molar-refractivity contribution in [2.75, 3.05) is 5.73 Å². The highest BCUT2D eigenvalue weighted by molar-refractivity contribution is 5.40. The SMILES string of the molecule is Nc1c[nH]n(-c2ccc(O)cc2)c1=O. The molecule has 0 unspecified atom stereocenters. The van der Waals surface area contributed by atoms with Crippen LogP contribution in [0.4, 0.5) is 5.69 Å². The Morgan fingerprint density at radius 2 is 1.93 bits per heavy atom. The van der Waals surface area contributed by atoms with Crippen LogP contribution in [0.15, 0.2) is 35.3 Å². The quantitative estimate of drug-likeness (QED) is 0.612. The minimum Gasteiger partial charge on any atom is -0.508 e. The lowest BCUT2D eigenvalue weighted by molar-refractivity contribution is 0.475. The number of nitrogens with one attached hydrogen (secondary N) is 1. The first-order chi connectivity index (χ1) is 6.68. The number of H-pyrrole nitrogens is 1. The Bertz CT molecular complexity index is 496. The van der Waals surface area contributed by atoms with Crippen LogP contribution < -0.4 is 11.3 Å². The molecule has 5 nitrogen and oxygen atoms in total. The van der Waals surface area contributed by atoms with Gasteiger partial charge in [-0.05, 0) is 24.3 Å². The average Bonchev–Trinajstić information content (AvgIpc) is 2.50. The second-order valence-corrected chi connectivity index (χ2v) is 2.89. The van der Waals surface area contributed by atoms with Crippen molar-refractivity contribution in [3.05, 3.63) is 40.8 Å². The number of benzene rings is 1. The van der Waals surface area contributed by atoms with Crippen molar-refractivity contribution in [1.82, 2.24) is 9.78 Å². The second-order valence-electron chi connectivity index (χ2n) is 2.89. The van der Waals surface area contributed by atoms with E-state index in [1.807, 2.05) is 0 Å². The fraction of sp³-hybridized carbons (Fsp3) is 0. The van der Waals surface area contributed by atoms with Crippen LogP contribution in [-0.2, 0) is 0 Å². The van der Waals surface area contributed by atoms with Crippen molar-refractivity contribution < 1.29 is 5.11 Å². The van der Waals surface area contributed by atoms with Crippen molar-refractivity contribution >= 4 is 5.69 Å². The molecule has 0 saturated heterocycles. The molecule has 0 radical (unpaired) electrons. The van der Waals surface area contributed by atoms with Gasteiger partial charge >= 0.3 is 0 Å². The highest BCUT2D eigenvalue weighted by Gasteiger charge is 2.03. The van der Waals surface area contributed by atoms with Gasteiger partial charge in [0.1, 0.15) is 11.4 Å². The molecule has 0 atom stereocenters. The van der Waals surface area contributed by atoms with E-state index in [-0.39, 0.29) is 17.0 Å². The summed E-state index contributed by atoms with van der Waals surface area (Å²) in [6.07, 6.45) is 1.43. The van der Waals surface area contributed by atoms with Gasteiger partial charge in [0.25, 0.3) is 5.56 Å². The number of anilines is 1. The van der Waals surface area contributed by atoms with E-state index in [1.54, 1.807) is 12.1 Å². The minimum absolute atomic E-state index is 0.154. The summed E-state index contributed by atoms with van der Waals surface area (Å²) < 4.78 is 1.30. The first-order valence-electron chi connectivity index (χ1n) is 4.04. The van der Waals surface area contributed by atoms with E-state index in [4.69, 9.17) is 10.8 Å². The molecular formula is C9H9N3O2. The first-order valence-corrected chi connectivity index (χ1v) is 4.04. The Morgan fingerprint density at radius 1 is 1.29 bits per heavy atom. The van der Waals surface area contributed by atoms with E-state index in [9.17, 15) is 4.79 Å². The first kappa shape index (κ1) is 8.43. The molecule has 0 spiro atoms. The smallest absolute Gasteiger partial charge is 0.294 e. The number of phenolic OH excluding ortho intramolecular Hbond substituents is 1. The van der Waals surface area contributed by atoms with E-state index in [1.165, 1.54) is 23.0 Å². The van der Waals surface area contributed by atoms with E-state index in [0.717, 1.165) is 0 Å². The Hall–Kier alpha value is -2.17. The van der Waals surface area contributed by atoms with Crippen LogP contribution in [0.3, 0.4) is 0 Å². The van der Waals surface area contributed by atoms with Crippen LogP contribution in [0.5, 0.6) is 5.75 Å². The van der Waals surface area contributed by atoms with Crippen molar-refractivity contribution in [1.29, 1.82) is 0 Å². The lowest BCUT2D eigenvalue weighted by Crippen LogP contribution is -2.16. The molecule has 5 heteroatoms. The maximum atomic E-state index is 11.4. The van der Waals surface area contributed by atoms with Gasteiger partial charge in [-0.1, -0.05) is 0 Å². The number of nitrogens with zero attached hydrogens (tertiary/aromatic N) is 1. The lowest BCUT2D eigenvalue weighted by atomic mass is 10.3. The van der Waals surface area contributed by atoms with Crippen molar-refractivity contribution in [2.45, 2.75) is 0 Å². The van der Waals surface area contributed by atoms with Gasteiger partial charge in [0.15, 0.2) is 0 Å². The summed E-state index contributed by atoms with van der Waals surface area (Å²) in [6.45, 7) is 0. The van der Waals surface area contributed by atoms with E-state index >= 15 is 0 Å². The molecule has 72 valence electrons. The number of nitrogen functional groups attached to an aromatic ring is 1. The van der Waals surface area contributed by atoms with Gasteiger partial charge in [0.2, 0.25) is 0 Å². The van der Waals surface area contributed by atoms with Crippen molar-refractivity contribution in [3.8, 4) is 11.4 Å². The molecule has 2 rings (SSSR count). The van der Waals surface area contributed by atoms with Gasteiger partial charge in [0.05, 0.1) is 5.69 Å². The molecule has 0 amide bonds. The largest absolute Gasteiger partial charge is 0.508 e. The minimum atomic E-state index is -0.296. The molecule has 1 heterocycles. The normalized spacial score (nSPS) is 10.3. The highest BCUT2D eigenvalue weighted by atomic mass is 16.3. The number of rotatable bonds is 1. The summed E-state index contributed by atoms with van der Waals surface area (Å²) in [5.41, 5.74) is 5.89. The molecule has 0 saturated carbocycles. The third kappa shape index (κ3) is 1.24. The van der Waals surface area contributed by atoms with Gasteiger partial charge in [-0.3, -0.25) is 9.89 Å². The molecule has 2 aromatic rings. The second kappa shape index (κ2) is 2.95. The average molecular weight is 191 g/mol. The summed E-state index contributed by atoms with van der Waals surface area (Å²) in [5, 5.41) is 11.8. The fourth-order valence-electron chi connectivity index (χ4n) is 1.18. The number of aromatic hydroxyl groups is 1. The van der Waals surface area contributed by atoms with E-state index in [2.05, 4.69) is 5.10 Å². The molecule has 1 aromatic heterocycles. The number of hydrogen-bond acceptors (Lipinski definition) is 3. The molecule has 4 N–H and O–H groups in total. The fourth-order valence-corrected chi connectivity index (χ4v) is 1.18. The predicted octanol–water partition coefficient (Wildman–Crippen LogP) is 0.453. The monoisotopic (exact) mass is 191 g/mol. The third-order valence-electron chi connectivity index (χ3n) is 1.91. The van der Waals surface area contributed by atoms with Gasteiger partial charge in [-0.2, -0.15) is 0 Å². The maximum absolute atomic E-state index is 11.4. The van der Waals surface area contributed by atoms with Crippen LogP contribution in [0.25, 0.3) is 5.69 Å². The Labute approximate surface area is 79.4 Å². The number of aromatic nitrogens is 2. The van der Waals surface area contributed by atoms with Gasteiger partial charge < -0.3 is 10.8 Å². The molecule has 0 bridgehead atoms. The number of hydrogen-bond donors (Lipinski definition) is 3. The number of phenols is 1. The molecular weight excluding hydrogens is 182 g/mol.